The minimum absolute atomic E-state index is 0. The van der Waals surface area contributed by atoms with Gasteiger partial charge in [-0.1, -0.05) is 64.5 Å². The van der Waals surface area contributed by atoms with Gasteiger partial charge < -0.3 is 9.87 Å². The number of carbonyl (C=O) groups is 1. The molecular weight excluding hydrogens is 385 g/mol. The Morgan fingerprint density at radius 3 is 2.36 bits per heavy atom. The molecule has 1 aliphatic rings. The number of nitrogens with one attached hydrogen (secondary N) is 1. The molecule has 0 bridgehead atoms. The predicted octanol–water partition coefficient (Wildman–Crippen LogP) is 1.40. The van der Waals surface area contributed by atoms with E-state index in [2.05, 4.69) is 24.4 Å². The molecule has 0 aliphatic heterocycles. The van der Waals surface area contributed by atoms with E-state index in [1.54, 1.807) is 13.8 Å². The second-order valence-electron chi connectivity index (χ2n) is 8.83. The van der Waals surface area contributed by atoms with Crippen LogP contribution >= 0.6 is 0 Å². The van der Waals surface area contributed by atoms with Crippen molar-refractivity contribution in [3.05, 3.63) is 12.2 Å². The SMILES string of the molecule is CCC(CC=CCCC(C)C(=O)NC(C)(C)CS(=O)(=O)[O-])C1CCCCC1.[Na+]. The van der Waals surface area contributed by atoms with Crippen LogP contribution in [-0.4, -0.2) is 30.2 Å². The van der Waals surface area contributed by atoms with Gasteiger partial charge in [-0.3, -0.25) is 4.79 Å². The normalized spacial score (nSPS) is 18.5. The molecule has 0 saturated heterocycles. The smallest absolute Gasteiger partial charge is 0.748 e. The summed E-state index contributed by atoms with van der Waals surface area (Å²) in [6.07, 6.45) is 15.2. The van der Waals surface area contributed by atoms with Gasteiger partial charge in [-0.15, -0.1) is 0 Å². The third kappa shape index (κ3) is 12.0. The number of hydrogen-bond acceptors (Lipinski definition) is 4. The maximum absolute atomic E-state index is 12.2. The van der Waals surface area contributed by atoms with E-state index in [-0.39, 0.29) is 41.4 Å². The molecule has 2 atom stereocenters. The average Bonchev–Trinajstić information content (AvgIpc) is 2.56. The average molecular weight is 424 g/mol. The number of allylic oxidation sites excluding steroid dienone is 2. The maximum Gasteiger partial charge on any atom is 1.00 e. The summed E-state index contributed by atoms with van der Waals surface area (Å²) in [5.74, 6) is 0.627. The largest absolute Gasteiger partial charge is 1.00 e. The van der Waals surface area contributed by atoms with E-state index in [9.17, 15) is 17.8 Å². The summed E-state index contributed by atoms with van der Waals surface area (Å²) < 4.78 is 32.8. The maximum atomic E-state index is 12.2. The fourth-order valence-electron chi connectivity index (χ4n) is 4.10. The summed E-state index contributed by atoms with van der Waals surface area (Å²) in [4.78, 5) is 12.2. The molecule has 1 amide bonds. The van der Waals surface area contributed by atoms with Gasteiger partial charge in [0, 0.05) is 11.5 Å². The van der Waals surface area contributed by atoms with E-state index >= 15 is 0 Å². The van der Waals surface area contributed by atoms with Crippen molar-refractivity contribution < 1.29 is 47.3 Å². The fraction of sp³-hybridized carbons (Fsp3) is 0.857. The summed E-state index contributed by atoms with van der Waals surface area (Å²) >= 11 is 0. The van der Waals surface area contributed by atoms with Crippen LogP contribution in [-0.2, 0) is 14.9 Å². The van der Waals surface area contributed by atoms with Gasteiger partial charge in [0.2, 0.25) is 5.91 Å². The summed E-state index contributed by atoms with van der Waals surface area (Å²) in [5.41, 5.74) is -1.05. The molecule has 7 heteroatoms. The number of carbonyl (C=O) groups excluding carboxylic acids is 1. The topological polar surface area (TPSA) is 86.3 Å². The molecule has 1 N–H and O–H groups in total. The Balaban J connectivity index is 0.00000729. The molecule has 0 radical (unpaired) electrons. The van der Waals surface area contributed by atoms with Crippen molar-refractivity contribution in [2.75, 3.05) is 5.75 Å². The molecule has 1 saturated carbocycles. The zero-order valence-electron chi connectivity index (χ0n) is 18.5. The van der Waals surface area contributed by atoms with E-state index in [1.165, 1.54) is 38.5 Å². The Morgan fingerprint density at radius 2 is 1.82 bits per heavy atom. The van der Waals surface area contributed by atoms with Gasteiger partial charge in [-0.05, 0) is 44.9 Å². The Morgan fingerprint density at radius 1 is 1.21 bits per heavy atom. The minimum atomic E-state index is -4.37. The Labute approximate surface area is 194 Å². The van der Waals surface area contributed by atoms with Crippen LogP contribution < -0.4 is 34.9 Å². The van der Waals surface area contributed by atoms with Crippen molar-refractivity contribution in [1.82, 2.24) is 5.32 Å². The van der Waals surface area contributed by atoms with Gasteiger partial charge in [0.25, 0.3) is 0 Å². The zero-order chi connectivity index (χ0) is 20.5. The molecular formula is C21H38NNaO4S. The van der Waals surface area contributed by atoms with Crippen LogP contribution in [0.5, 0.6) is 0 Å². The van der Waals surface area contributed by atoms with Crippen LogP contribution in [0.25, 0.3) is 0 Å². The van der Waals surface area contributed by atoms with Crippen LogP contribution in [0.15, 0.2) is 12.2 Å². The molecule has 1 aliphatic carbocycles. The quantitative estimate of drug-likeness (QED) is 0.309. The minimum Gasteiger partial charge on any atom is -0.748 e. The third-order valence-electron chi connectivity index (χ3n) is 5.66. The van der Waals surface area contributed by atoms with E-state index in [0.29, 0.717) is 6.42 Å². The van der Waals surface area contributed by atoms with Crippen LogP contribution in [0.4, 0.5) is 0 Å². The van der Waals surface area contributed by atoms with E-state index in [4.69, 9.17) is 0 Å². The van der Waals surface area contributed by atoms with Crippen molar-refractivity contribution in [1.29, 1.82) is 0 Å². The Hall–Kier alpha value is 0.120. The van der Waals surface area contributed by atoms with Gasteiger partial charge in [0.05, 0.1) is 15.9 Å². The second kappa shape index (κ2) is 13.4. The van der Waals surface area contributed by atoms with Gasteiger partial charge in [-0.25, -0.2) is 8.42 Å². The third-order valence-corrected chi connectivity index (χ3v) is 6.73. The predicted molar refractivity (Wildman–Crippen MR) is 109 cm³/mol. The van der Waals surface area contributed by atoms with Gasteiger partial charge >= 0.3 is 29.6 Å². The van der Waals surface area contributed by atoms with Crippen molar-refractivity contribution in [3.63, 3.8) is 0 Å². The molecule has 5 nitrogen and oxygen atoms in total. The number of hydrogen-bond donors (Lipinski definition) is 1. The molecule has 1 rings (SSSR count). The molecule has 0 spiro atoms. The van der Waals surface area contributed by atoms with E-state index in [1.807, 2.05) is 6.92 Å². The van der Waals surface area contributed by atoms with Crippen molar-refractivity contribution in [2.45, 2.75) is 91.0 Å². The molecule has 158 valence electrons. The van der Waals surface area contributed by atoms with E-state index < -0.39 is 21.4 Å². The summed E-state index contributed by atoms with van der Waals surface area (Å²) in [5, 5.41) is 2.68. The molecule has 0 aromatic carbocycles. The summed E-state index contributed by atoms with van der Waals surface area (Å²) in [6, 6.07) is 0. The van der Waals surface area contributed by atoms with Gasteiger partial charge in [-0.2, -0.15) is 0 Å². The first-order valence-corrected chi connectivity index (χ1v) is 12.0. The van der Waals surface area contributed by atoms with Crippen LogP contribution in [0, 0.1) is 17.8 Å². The Bertz CT molecular complexity index is 583. The summed E-state index contributed by atoms with van der Waals surface area (Å²) in [7, 11) is -4.37. The molecule has 0 aromatic heterocycles. The number of rotatable bonds is 11. The standard InChI is InChI=1S/C21H39NO4S.Na/c1-5-18(19-14-10-7-11-15-19)13-9-6-8-12-17(2)20(23)22-21(3,4)16-27(24,25)26;/h6,9,17-19H,5,7-8,10-16H2,1-4H3,(H,22,23)(H,24,25,26);/q;+1/p-1. The van der Waals surface area contributed by atoms with E-state index in [0.717, 1.165) is 24.7 Å². The molecule has 2 unspecified atom stereocenters. The molecule has 1 fully saturated rings. The van der Waals surface area contributed by atoms with Gasteiger partial charge in [0.15, 0.2) is 0 Å². The first kappa shape index (κ1) is 28.1. The fourth-order valence-corrected chi connectivity index (χ4v) is 5.06. The molecule has 0 heterocycles. The van der Waals surface area contributed by atoms with Gasteiger partial charge in [0.1, 0.15) is 0 Å². The molecule has 0 aromatic rings. The van der Waals surface area contributed by atoms with Crippen molar-refractivity contribution in [2.24, 2.45) is 17.8 Å². The number of amides is 1. The first-order valence-electron chi connectivity index (χ1n) is 10.4. The Kier molecular flexibility index (Phi) is 13.5. The van der Waals surface area contributed by atoms with Crippen LogP contribution in [0.3, 0.4) is 0 Å². The van der Waals surface area contributed by atoms with Crippen molar-refractivity contribution >= 4 is 16.0 Å². The first-order chi connectivity index (χ1) is 12.5. The van der Waals surface area contributed by atoms with Crippen LogP contribution in [0.1, 0.15) is 85.5 Å². The summed E-state index contributed by atoms with van der Waals surface area (Å²) in [6.45, 7) is 7.23. The van der Waals surface area contributed by atoms with Crippen LogP contribution in [0.2, 0.25) is 0 Å². The monoisotopic (exact) mass is 423 g/mol. The van der Waals surface area contributed by atoms with Crippen molar-refractivity contribution in [3.8, 4) is 0 Å². The zero-order valence-corrected chi connectivity index (χ0v) is 21.3. The molecule has 28 heavy (non-hydrogen) atoms. The second-order valence-corrected chi connectivity index (χ2v) is 10.2.